The molecular formula is C28H41NO5Si. The van der Waals surface area contributed by atoms with E-state index in [0.717, 1.165) is 0 Å². The SMILES string of the molecule is CC(C)(C)OC(=O)[C@H]1C[C@@H](CO[Si](c2ccccc2)(c2ccccc2)C(C)(C)C)[C@H]([C@@H](O)CO)N1. The highest BCUT2D eigenvalue weighted by Gasteiger charge is 2.51. The number of aliphatic hydroxyl groups excluding tert-OH is 2. The van der Waals surface area contributed by atoms with Gasteiger partial charge in [-0.25, -0.2) is 0 Å². The normalized spacial score (nSPS) is 22.1. The largest absolute Gasteiger partial charge is 0.459 e. The van der Waals surface area contributed by atoms with Crippen LogP contribution < -0.4 is 15.7 Å². The van der Waals surface area contributed by atoms with E-state index in [-0.39, 0.29) is 16.9 Å². The van der Waals surface area contributed by atoms with Crippen molar-refractivity contribution in [1.29, 1.82) is 0 Å². The number of hydrogen-bond acceptors (Lipinski definition) is 6. The van der Waals surface area contributed by atoms with Gasteiger partial charge in [0, 0.05) is 18.6 Å². The maximum absolute atomic E-state index is 12.8. The number of ether oxygens (including phenoxy) is 1. The van der Waals surface area contributed by atoms with Crippen molar-refractivity contribution in [2.75, 3.05) is 13.2 Å². The van der Waals surface area contributed by atoms with E-state index in [4.69, 9.17) is 9.16 Å². The molecule has 3 N–H and O–H groups in total. The number of rotatable bonds is 8. The van der Waals surface area contributed by atoms with Gasteiger partial charge in [-0.3, -0.25) is 10.1 Å². The fourth-order valence-corrected chi connectivity index (χ4v) is 9.75. The van der Waals surface area contributed by atoms with Gasteiger partial charge in [-0.15, -0.1) is 0 Å². The van der Waals surface area contributed by atoms with E-state index in [0.29, 0.717) is 13.0 Å². The first-order valence-electron chi connectivity index (χ1n) is 12.4. The average molecular weight is 500 g/mol. The van der Waals surface area contributed by atoms with Crippen LogP contribution in [0.15, 0.2) is 60.7 Å². The summed E-state index contributed by atoms with van der Waals surface area (Å²) in [5.41, 5.74) is -0.604. The standard InChI is InChI=1S/C28H41NO5Si/c1-27(2,3)34-26(32)23-17-20(25(29-23)24(31)18-30)19-33-35(28(4,5)6,21-13-9-7-10-14-21)22-15-11-8-12-16-22/h7-16,20,23-25,29-31H,17-19H2,1-6H3/t20-,23+,24-,25+/m0/s1. The summed E-state index contributed by atoms with van der Waals surface area (Å²) in [6, 6.07) is 19.7. The van der Waals surface area contributed by atoms with E-state index in [9.17, 15) is 15.0 Å². The number of carbonyl (C=O) groups excluding carboxylic acids is 1. The summed E-state index contributed by atoms with van der Waals surface area (Å²) in [6.45, 7) is 12.1. The molecule has 1 aliphatic rings. The number of hydrogen-bond donors (Lipinski definition) is 3. The molecule has 4 atom stereocenters. The van der Waals surface area contributed by atoms with Crippen LogP contribution in [-0.4, -0.2) is 61.5 Å². The van der Waals surface area contributed by atoms with E-state index >= 15 is 0 Å². The lowest BCUT2D eigenvalue weighted by atomic mass is 9.96. The quantitative estimate of drug-likeness (QED) is 0.382. The molecule has 0 spiro atoms. The fourth-order valence-electron chi connectivity index (χ4n) is 5.13. The molecule has 6 nitrogen and oxygen atoms in total. The van der Waals surface area contributed by atoms with Crippen LogP contribution in [0.1, 0.15) is 48.0 Å². The second kappa shape index (κ2) is 10.9. The predicted molar refractivity (Wildman–Crippen MR) is 141 cm³/mol. The van der Waals surface area contributed by atoms with E-state index in [1.54, 1.807) is 0 Å². The molecule has 7 heteroatoms. The van der Waals surface area contributed by atoms with E-state index in [1.165, 1.54) is 10.4 Å². The van der Waals surface area contributed by atoms with Crippen LogP contribution in [0.2, 0.25) is 5.04 Å². The van der Waals surface area contributed by atoms with Crippen molar-refractivity contribution in [3.8, 4) is 0 Å². The predicted octanol–water partition coefficient (Wildman–Crippen LogP) is 2.60. The molecule has 192 valence electrons. The second-order valence-electron chi connectivity index (χ2n) is 11.5. The number of esters is 1. The molecule has 3 rings (SSSR count). The smallest absolute Gasteiger partial charge is 0.323 e. The zero-order chi connectivity index (χ0) is 25.9. The van der Waals surface area contributed by atoms with Crippen LogP contribution >= 0.6 is 0 Å². The first-order valence-corrected chi connectivity index (χ1v) is 14.3. The van der Waals surface area contributed by atoms with Gasteiger partial charge in [0.05, 0.1) is 12.7 Å². The molecule has 1 fully saturated rings. The molecular weight excluding hydrogens is 458 g/mol. The molecule has 0 radical (unpaired) electrons. The van der Waals surface area contributed by atoms with Crippen molar-refractivity contribution in [2.24, 2.45) is 5.92 Å². The Morgan fingerprint density at radius 2 is 1.51 bits per heavy atom. The van der Waals surface area contributed by atoms with Crippen molar-refractivity contribution >= 4 is 24.7 Å². The monoisotopic (exact) mass is 499 g/mol. The number of carbonyl (C=O) groups is 1. The Bertz CT molecular complexity index is 915. The Balaban J connectivity index is 1.95. The molecule has 2 aromatic rings. The molecule has 0 bridgehead atoms. The van der Waals surface area contributed by atoms with Crippen LogP contribution in [0.4, 0.5) is 0 Å². The van der Waals surface area contributed by atoms with Crippen LogP contribution in [0.5, 0.6) is 0 Å². The van der Waals surface area contributed by atoms with Gasteiger partial charge in [-0.05, 0) is 42.6 Å². The first kappa shape index (κ1) is 27.6. The van der Waals surface area contributed by atoms with Gasteiger partial charge < -0.3 is 19.4 Å². The van der Waals surface area contributed by atoms with E-state index in [2.05, 4.69) is 50.4 Å². The van der Waals surface area contributed by atoms with Gasteiger partial charge in [-0.2, -0.15) is 0 Å². The number of benzene rings is 2. The Hall–Kier alpha value is -2.03. The van der Waals surface area contributed by atoms with Gasteiger partial charge in [0.25, 0.3) is 8.32 Å². The van der Waals surface area contributed by atoms with E-state index in [1.807, 2.05) is 57.2 Å². The van der Waals surface area contributed by atoms with Gasteiger partial charge in [0.15, 0.2) is 0 Å². The maximum Gasteiger partial charge on any atom is 0.323 e. The van der Waals surface area contributed by atoms with Crippen molar-refractivity contribution < 1.29 is 24.2 Å². The summed E-state index contributed by atoms with van der Waals surface area (Å²) in [5.74, 6) is -0.517. The minimum Gasteiger partial charge on any atom is -0.459 e. The number of aliphatic hydroxyl groups is 2. The summed E-state index contributed by atoms with van der Waals surface area (Å²) in [7, 11) is -2.77. The zero-order valence-electron chi connectivity index (χ0n) is 21.8. The highest BCUT2D eigenvalue weighted by atomic mass is 28.4. The van der Waals surface area contributed by atoms with Crippen LogP contribution in [-0.2, 0) is 14.0 Å². The lowest BCUT2D eigenvalue weighted by Gasteiger charge is -2.44. The minimum atomic E-state index is -2.77. The molecule has 35 heavy (non-hydrogen) atoms. The molecule has 0 saturated carbocycles. The fraction of sp³-hybridized carbons (Fsp3) is 0.536. The molecule has 1 saturated heterocycles. The highest BCUT2D eigenvalue weighted by Crippen LogP contribution is 2.38. The lowest BCUT2D eigenvalue weighted by Crippen LogP contribution is -2.67. The number of nitrogens with one attached hydrogen (secondary N) is 1. The first-order chi connectivity index (χ1) is 16.4. The highest BCUT2D eigenvalue weighted by molar-refractivity contribution is 6.99. The topological polar surface area (TPSA) is 88.0 Å². The summed E-state index contributed by atoms with van der Waals surface area (Å²) in [5, 5.41) is 25.7. The van der Waals surface area contributed by atoms with Crippen molar-refractivity contribution in [3.63, 3.8) is 0 Å². The zero-order valence-corrected chi connectivity index (χ0v) is 22.8. The summed E-state index contributed by atoms with van der Waals surface area (Å²) >= 11 is 0. The third kappa shape index (κ3) is 6.21. The molecule has 0 amide bonds. The molecule has 0 aromatic heterocycles. The van der Waals surface area contributed by atoms with Gasteiger partial charge >= 0.3 is 5.97 Å². The lowest BCUT2D eigenvalue weighted by molar-refractivity contribution is -0.157. The van der Waals surface area contributed by atoms with Gasteiger partial charge in [0.1, 0.15) is 11.6 Å². The Morgan fingerprint density at radius 3 is 1.94 bits per heavy atom. The summed E-state index contributed by atoms with van der Waals surface area (Å²) in [6.07, 6.45) is -0.537. The molecule has 1 aliphatic heterocycles. The molecule has 2 aromatic carbocycles. The third-order valence-corrected chi connectivity index (χ3v) is 11.7. The van der Waals surface area contributed by atoms with Crippen molar-refractivity contribution in [2.45, 2.75) is 76.8 Å². The molecule has 1 heterocycles. The van der Waals surface area contributed by atoms with Gasteiger partial charge in [-0.1, -0.05) is 81.4 Å². The Morgan fingerprint density at radius 1 is 1.00 bits per heavy atom. The molecule has 0 aliphatic carbocycles. The van der Waals surface area contributed by atoms with Crippen LogP contribution in [0.25, 0.3) is 0 Å². The van der Waals surface area contributed by atoms with Gasteiger partial charge in [0.2, 0.25) is 0 Å². The van der Waals surface area contributed by atoms with Crippen molar-refractivity contribution in [3.05, 3.63) is 60.7 Å². The Labute approximate surface area is 210 Å². The van der Waals surface area contributed by atoms with Crippen LogP contribution in [0, 0.1) is 5.92 Å². The van der Waals surface area contributed by atoms with E-state index < -0.39 is 38.7 Å². The Kier molecular flexibility index (Phi) is 8.60. The summed E-state index contributed by atoms with van der Waals surface area (Å²) in [4.78, 5) is 12.8. The minimum absolute atomic E-state index is 0.170. The molecule has 0 unspecified atom stereocenters. The maximum atomic E-state index is 12.8. The van der Waals surface area contributed by atoms with Crippen molar-refractivity contribution in [1.82, 2.24) is 5.32 Å². The second-order valence-corrected chi connectivity index (χ2v) is 15.8. The summed E-state index contributed by atoms with van der Waals surface area (Å²) < 4.78 is 12.7. The average Bonchev–Trinajstić information content (AvgIpc) is 3.23. The van der Waals surface area contributed by atoms with Crippen LogP contribution in [0.3, 0.4) is 0 Å². The third-order valence-electron chi connectivity index (χ3n) is 6.66.